The van der Waals surface area contributed by atoms with Gasteiger partial charge in [0, 0.05) is 4.47 Å². The quantitative estimate of drug-likeness (QED) is 0.754. The molecule has 0 N–H and O–H groups in total. The summed E-state index contributed by atoms with van der Waals surface area (Å²) in [6, 6.07) is 17.8. The van der Waals surface area contributed by atoms with E-state index in [2.05, 4.69) is 21.9 Å². The number of hydrogen-bond acceptors (Lipinski definition) is 1. The van der Waals surface area contributed by atoms with Crippen LogP contribution in [0.4, 0.5) is 0 Å². The predicted octanol–water partition coefficient (Wildman–Crippen LogP) is 4.51. The summed E-state index contributed by atoms with van der Waals surface area (Å²) in [4.78, 5) is 0. The third-order valence-electron chi connectivity index (χ3n) is 3.07. The highest BCUT2D eigenvalue weighted by Crippen LogP contribution is 2.27. The van der Waals surface area contributed by atoms with Crippen LogP contribution in [0, 0.1) is 12.3 Å². The van der Waals surface area contributed by atoms with E-state index in [9.17, 15) is 0 Å². The van der Waals surface area contributed by atoms with Crippen LogP contribution in [0.15, 0.2) is 59.1 Å². The number of ether oxygens (including phenoxy) is 1. The number of halogens is 1. The van der Waals surface area contributed by atoms with Gasteiger partial charge in [-0.15, -0.1) is 6.42 Å². The Morgan fingerprint density at radius 1 is 1.11 bits per heavy atom. The lowest BCUT2D eigenvalue weighted by atomic mass is 9.97. The van der Waals surface area contributed by atoms with Gasteiger partial charge in [-0.05, 0) is 24.1 Å². The van der Waals surface area contributed by atoms with Crippen LogP contribution in [0.25, 0.3) is 0 Å². The molecule has 0 aliphatic carbocycles. The molecule has 0 amide bonds. The molecule has 0 aromatic heterocycles. The van der Waals surface area contributed by atoms with Crippen molar-refractivity contribution in [3.63, 3.8) is 0 Å². The van der Waals surface area contributed by atoms with Crippen molar-refractivity contribution in [2.24, 2.45) is 0 Å². The van der Waals surface area contributed by atoms with Crippen LogP contribution in [-0.4, -0.2) is 0 Å². The molecule has 19 heavy (non-hydrogen) atoms. The zero-order valence-electron chi connectivity index (χ0n) is 10.8. The molecule has 2 aromatic rings. The zero-order chi connectivity index (χ0) is 13.7. The molecule has 1 nitrogen and oxygen atoms in total. The van der Waals surface area contributed by atoms with E-state index in [1.165, 1.54) is 0 Å². The molecule has 0 heterocycles. The summed E-state index contributed by atoms with van der Waals surface area (Å²) < 4.78 is 7.00. The normalized spacial score (nSPS) is 13.5. The van der Waals surface area contributed by atoms with Crippen LogP contribution in [0.5, 0.6) is 0 Å². The first-order valence-corrected chi connectivity index (χ1v) is 6.86. The number of benzene rings is 2. The molecule has 0 saturated carbocycles. The molecule has 0 spiro atoms. The Bertz CT molecular complexity index is 586. The van der Waals surface area contributed by atoms with Crippen LogP contribution < -0.4 is 0 Å². The molecule has 2 rings (SSSR count). The molecule has 0 fully saturated rings. The van der Waals surface area contributed by atoms with Gasteiger partial charge in [-0.2, -0.15) is 0 Å². The minimum atomic E-state index is -0.712. The maximum atomic E-state index is 5.97. The molecule has 2 aromatic carbocycles. The van der Waals surface area contributed by atoms with E-state index >= 15 is 0 Å². The Kier molecular flexibility index (Phi) is 4.42. The third-order valence-corrected chi connectivity index (χ3v) is 3.85. The Labute approximate surface area is 122 Å². The molecule has 0 aliphatic rings. The second-order valence-electron chi connectivity index (χ2n) is 4.42. The van der Waals surface area contributed by atoms with Gasteiger partial charge in [-0.3, -0.25) is 0 Å². The summed E-state index contributed by atoms with van der Waals surface area (Å²) >= 11 is 3.51. The van der Waals surface area contributed by atoms with Gasteiger partial charge >= 0.3 is 0 Å². The van der Waals surface area contributed by atoms with Gasteiger partial charge in [0.2, 0.25) is 0 Å². The SMILES string of the molecule is C#CC(C)(OCc1ccccc1Br)c1ccccc1. The molecular formula is C17H15BrO. The number of hydrogen-bond donors (Lipinski definition) is 0. The minimum Gasteiger partial charge on any atom is -0.354 e. The summed E-state index contributed by atoms with van der Waals surface area (Å²) in [5, 5.41) is 0. The van der Waals surface area contributed by atoms with Gasteiger partial charge in [-0.25, -0.2) is 0 Å². The Balaban J connectivity index is 2.17. The average Bonchev–Trinajstić information content (AvgIpc) is 2.47. The van der Waals surface area contributed by atoms with E-state index < -0.39 is 5.60 Å². The molecule has 96 valence electrons. The average molecular weight is 315 g/mol. The van der Waals surface area contributed by atoms with E-state index in [0.717, 1.165) is 15.6 Å². The van der Waals surface area contributed by atoms with Gasteiger partial charge in [0.05, 0.1) is 6.61 Å². The summed E-state index contributed by atoms with van der Waals surface area (Å²) in [6.07, 6.45) is 5.65. The third kappa shape index (κ3) is 3.26. The molecular weight excluding hydrogens is 300 g/mol. The predicted molar refractivity (Wildman–Crippen MR) is 81.6 cm³/mol. The van der Waals surface area contributed by atoms with Gasteiger partial charge in [0.25, 0.3) is 0 Å². The molecule has 2 heteroatoms. The molecule has 1 unspecified atom stereocenters. The molecule has 0 saturated heterocycles. The summed E-state index contributed by atoms with van der Waals surface area (Å²) in [5.74, 6) is 2.75. The highest BCUT2D eigenvalue weighted by molar-refractivity contribution is 9.10. The number of rotatable bonds is 4. The second kappa shape index (κ2) is 6.06. The highest BCUT2D eigenvalue weighted by Gasteiger charge is 2.24. The van der Waals surface area contributed by atoms with Crippen molar-refractivity contribution in [3.05, 3.63) is 70.2 Å². The van der Waals surface area contributed by atoms with E-state index in [4.69, 9.17) is 11.2 Å². The second-order valence-corrected chi connectivity index (χ2v) is 5.28. The van der Waals surface area contributed by atoms with Crippen LogP contribution in [0.3, 0.4) is 0 Å². The van der Waals surface area contributed by atoms with Crippen molar-refractivity contribution in [1.82, 2.24) is 0 Å². The van der Waals surface area contributed by atoms with E-state index in [1.54, 1.807) is 0 Å². The Hall–Kier alpha value is -1.56. The topological polar surface area (TPSA) is 9.23 Å². The Morgan fingerprint density at radius 2 is 1.74 bits per heavy atom. The largest absolute Gasteiger partial charge is 0.354 e. The van der Waals surface area contributed by atoms with Crippen molar-refractivity contribution in [2.45, 2.75) is 19.1 Å². The fourth-order valence-corrected chi connectivity index (χ4v) is 2.20. The van der Waals surface area contributed by atoms with Crippen molar-refractivity contribution < 1.29 is 4.74 Å². The first-order chi connectivity index (χ1) is 9.15. The van der Waals surface area contributed by atoms with Crippen LogP contribution in [0.2, 0.25) is 0 Å². The highest BCUT2D eigenvalue weighted by atomic mass is 79.9. The molecule has 0 bridgehead atoms. The van der Waals surface area contributed by atoms with Gasteiger partial charge in [0.15, 0.2) is 5.60 Å². The van der Waals surface area contributed by atoms with Crippen molar-refractivity contribution in [2.75, 3.05) is 0 Å². The zero-order valence-corrected chi connectivity index (χ0v) is 12.4. The van der Waals surface area contributed by atoms with Gasteiger partial charge in [-0.1, -0.05) is 70.4 Å². The van der Waals surface area contributed by atoms with Crippen LogP contribution >= 0.6 is 15.9 Å². The van der Waals surface area contributed by atoms with Crippen LogP contribution in [-0.2, 0) is 16.9 Å². The lowest BCUT2D eigenvalue weighted by Crippen LogP contribution is -2.23. The fraction of sp³-hybridized carbons (Fsp3) is 0.176. The lowest BCUT2D eigenvalue weighted by molar-refractivity contribution is -0.00300. The van der Waals surface area contributed by atoms with Crippen molar-refractivity contribution in [3.8, 4) is 12.3 Å². The maximum Gasteiger partial charge on any atom is 0.151 e. The van der Waals surface area contributed by atoms with Gasteiger partial charge in [0.1, 0.15) is 0 Å². The molecule has 0 radical (unpaired) electrons. The fourth-order valence-electron chi connectivity index (χ4n) is 1.80. The first kappa shape index (κ1) is 13.9. The van der Waals surface area contributed by atoms with Gasteiger partial charge < -0.3 is 4.74 Å². The first-order valence-electron chi connectivity index (χ1n) is 6.06. The lowest BCUT2D eigenvalue weighted by Gasteiger charge is -2.25. The van der Waals surface area contributed by atoms with E-state index in [-0.39, 0.29) is 0 Å². The van der Waals surface area contributed by atoms with E-state index in [0.29, 0.717) is 6.61 Å². The molecule has 0 aliphatic heterocycles. The Morgan fingerprint density at radius 3 is 2.37 bits per heavy atom. The number of terminal acetylenes is 1. The standard InChI is InChI=1S/C17H15BrO/c1-3-17(2,15-10-5-4-6-11-15)19-13-14-9-7-8-12-16(14)18/h1,4-12H,13H2,2H3. The summed E-state index contributed by atoms with van der Waals surface area (Å²) in [6.45, 7) is 2.39. The van der Waals surface area contributed by atoms with E-state index in [1.807, 2.05) is 61.5 Å². The molecule has 1 atom stereocenters. The maximum absolute atomic E-state index is 5.97. The smallest absolute Gasteiger partial charge is 0.151 e. The summed E-state index contributed by atoms with van der Waals surface area (Å²) in [5.41, 5.74) is 1.36. The summed E-state index contributed by atoms with van der Waals surface area (Å²) in [7, 11) is 0. The minimum absolute atomic E-state index is 0.469. The van der Waals surface area contributed by atoms with Crippen LogP contribution in [0.1, 0.15) is 18.1 Å². The van der Waals surface area contributed by atoms with Crippen molar-refractivity contribution >= 4 is 15.9 Å². The monoisotopic (exact) mass is 314 g/mol. The van der Waals surface area contributed by atoms with Crippen molar-refractivity contribution in [1.29, 1.82) is 0 Å².